The maximum atomic E-state index is 15.0. The second-order valence-electron chi connectivity index (χ2n) is 10.6. The zero-order chi connectivity index (χ0) is 31.5. The second kappa shape index (κ2) is 13.3. The highest BCUT2D eigenvalue weighted by Crippen LogP contribution is 2.32. The number of nitrogens with zero attached hydrogens (tertiary/aromatic N) is 2. The number of hydrogen-bond donors (Lipinski definition) is 3. The minimum absolute atomic E-state index is 0.0970. The molecule has 9 nitrogen and oxygen atoms in total. The molecule has 4 rings (SSSR count). The molecule has 3 N–H and O–H groups in total. The van der Waals surface area contributed by atoms with Gasteiger partial charge in [-0.1, -0.05) is 17.7 Å². The molecule has 0 radical (unpaired) electrons. The molecule has 2 fully saturated rings. The van der Waals surface area contributed by atoms with Crippen molar-refractivity contribution in [3.63, 3.8) is 0 Å². The molecular formula is C27H31ClF5N5O4S. The molecular weight excluding hydrogens is 621 g/mol. The molecule has 16 heteroatoms. The zero-order valence-corrected chi connectivity index (χ0v) is 24.7. The van der Waals surface area contributed by atoms with E-state index in [1.807, 2.05) is 4.90 Å². The fourth-order valence-corrected chi connectivity index (χ4v) is 6.58. The summed E-state index contributed by atoms with van der Waals surface area (Å²) in [6.07, 6.45) is -5.19. The van der Waals surface area contributed by atoms with Crippen LogP contribution in [0.4, 0.5) is 33.3 Å². The van der Waals surface area contributed by atoms with Crippen LogP contribution >= 0.6 is 11.6 Å². The Morgan fingerprint density at radius 3 is 2.53 bits per heavy atom. The Kier molecular flexibility index (Phi) is 10.2. The van der Waals surface area contributed by atoms with E-state index in [0.717, 1.165) is 12.1 Å². The van der Waals surface area contributed by atoms with Crippen molar-refractivity contribution < 1.29 is 40.0 Å². The lowest BCUT2D eigenvalue weighted by atomic mass is 10.1. The minimum atomic E-state index is -4.26. The van der Waals surface area contributed by atoms with E-state index in [0.29, 0.717) is 30.3 Å². The number of piperazine rings is 1. The zero-order valence-electron chi connectivity index (χ0n) is 23.1. The van der Waals surface area contributed by atoms with Gasteiger partial charge in [-0.25, -0.2) is 17.2 Å². The fraction of sp³-hybridized carbons (Fsp3) is 0.481. The van der Waals surface area contributed by atoms with E-state index in [9.17, 15) is 35.6 Å². The number of sulfone groups is 1. The number of rotatable bonds is 8. The average molecular weight is 652 g/mol. The molecule has 0 bridgehead atoms. The van der Waals surface area contributed by atoms with Crippen LogP contribution in [0.5, 0.6) is 0 Å². The Balaban J connectivity index is 1.43. The topological polar surface area (TPSA) is 111 Å². The van der Waals surface area contributed by atoms with Gasteiger partial charge in [0.25, 0.3) is 5.91 Å². The molecule has 0 aliphatic carbocycles. The van der Waals surface area contributed by atoms with Gasteiger partial charge >= 0.3 is 6.18 Å². The number of carbonyl (C=O) groups is 2. The Hall–Kier alpha value is -3.01. The average Bonchev–Trinajstić information content (AvgIpc) is 2.92. The summed E-state index contributed by atoms with van der Waals surface area (Å²) < 4.78 is 91.5. The lowest BCUT2D eigenvalue weighted by Crippen LogP contribution is -2.53. The van der Waals surface area contributed by atoms with Gasteiger partial charge in [-0.3, -0.25) is 14.5 Å². The van der Waals surface area contributed by atoms with Crippen molar-refractivity contribution in [3.8, 4) is 0 Å². The largest absolute Gasteiger partial charge is 0.390 e. The number of carbonyl (C=O) groups excluding carboxylic acids is 2. The van der Waals surface area contributed by atoms with Crippen LogP contribution in [0.1, 0.15) is 29.3 Å². The van der Waals surface area contributed by atoms with Crippen LogP contribution in [-0.2, 0) is 21.2 Å². The number of anilines is 2. The first-order chi connectivity index (χ1) is 20.1. The molecule has 236 valence electrons. The van der Waals surface area contributed by atoms with Crippen molar-refractivity contribution in [2.24, 2.45) is 0 Å². The highest BCUT2D eigenvalue weighted by molar-refractivity contribution is 7.91. The summed E-state index contributed by atoms with van der Waals surface area (Å²) in [7, 11) is -3.39. The van der Waals surface area contributed by atoms with E-state index < -0.39 is 69.8 Å². The number of alkyl halides is 3. The van der Waals surface area contributed by atoms with E-state index >= 15 is 4.39 Å². The molecule has 2 atom stereocenters. The molecule has 2 amide bonds. The Bertz CT molecular complexity index is 1480. The summed E-state index contributed by atoms with van der Waals surface area (Å²) in [5.74, 6) is -4.94. The summed E-state index contributed by atoms with van der Waals surface area (Å²) in [6, 6.07) is 5.52. The predicted molar refractivity (Wildman–Crippen MR) is 152 cm³/mol. The number of amides is 2. The standard InChI is InChI=1S/C27H31ClF5N5O4S/c1-16-14-38(10-9-37(16)8-6-27(31,32)33)22-12-18(28)3-5-20(22)36-25(39)19-4-2-17(23(29)24(19)30)13-35-26(40)21-15-43(41,42)11-7-34-21/h2-5,12,16,21,34H,6-11,13-15H2,1H3,(H,35,40)(H,36,39)/t16-,21?/m0/s1. The summed E-state index contributed by atoms with van der Waals surface area (Å²) >= 11 is 6.19. The molecule has 2 aromatic rings. The van der Waals surface area contributed by atoms with E-state index in [1.54, 1.807) is 17.9 Å². The summed E-state index contributed by atoms with van der Waals surface area (Å²) in [4.78, 5) is 29.0. The van der Waals surface area contributed by atoms with Crippen LogP contribution in [-0.4, -0.2) is 87.6 Å². The van der Waals surface area contributed by atoms with Crippen molar-refractivity contribution in [3.05, 3.63) is 58.1 Å². The molecule has 2 saturated heterocycles. The number of halogens is 6. The molecule has 0 spiro atoms. The van der Waals surface area contributed by atoms with E-state index in [4.69, 9.17) is 11.6 Å². The predicted octanol–water partition coefficient (Wildman–Crippen LogP) is 3.34. The lowest BCUT2D eigenvalue weighted by Gasteiger charge is -2.41. The summed E-state index contributed by atoms with van der Waals surface area (Å²) in [6.45, 7) is 2.34. The third kappa shape index (κ3) is 8.55. The fourth-order valence-electron chi connectivity index (χ4n) is 5.04. The van der Waals surface area contributed by atoms with Crippen molar-refractivity contribution in [2.45, 2.75) is 38.1 Å². The van der Waals surface area contributed by atoms with E-state index in [1.165, 1.54) is 12.1 Å². The van der Waals surface area contributed by atoms with Crippen LogP contribution in [0.2, 0.25) is 5.02 Å². The highest BCUT2D eigenvalue weighted by Gasteiger charge is 2.32. The normalized spacial score (nSPS) is 21.0. The summed E-state index contributed by atoms with van der Waals surface area (Å²) in [5.41, 5.74) is -0.123. The van der Waals surface area contributed by atoms with Crippen LogP contribution < -0.4 is 20.9 Å². The first-order valence-electron chi connectivity index (χ1n) is 13.5. The van der Waals surface area contributed by atoms with Gasteiger partial charge in [-0.05, 0) is 31.2 Å². The molecule has 0 saturated carbocycles. The van der Waals surface area contributed by atoms with E-state index in [2.05, 4.69) is 16.0 Å². The van der Waals surface area contributed by atoms with Crippen molar-refractivity contribution in [1.29, 1.82) is 0 Å². The maximum absolute atomic E-state index is 15.0. The Labute approximate surface area is 250 Å². The van der Waals surface area contributed by atoms with Gasteiger partial charge in [-0.2, -0.15) is 13.2 Å². The van der Waals surface area contributed by atoms with Crippen LogP contribution in [0, 0.1) is 11.6 Å². The van der Waals surface area contributed by atoms with Crippen molar-refractivity contribution >= 4 is 44.6 Å². The quantitative estimate of drug-likeness (QED) is 0.376. The van der Waals surface area contributed by atoms with Gasteiger partial charge in [0, 0.05) is 55.9 Å². The molecule has 2 aliphatic rings. The first-order valence-corrected chi connectivity index (χ1v) is 15.7. The van der Waals surface area contributed by atoms with Crippen molar-refractivity contribution in [2.75, 3.05) is 54.4 Å². The van der Waals surface area contributed by atoms with Gasteiger partial charge in [0.05, 0.1) is 34.9 Å². The SMILES string of the molecule is C[C@H]1CN(c2cc(Cl)ccc2NC(=O)c2ccc(CNC(=O)C3CS(=O)(=O)CCN3)c(F)c2F)CCN1CCC(F)(F)F. The molecule has 2 heterocycles. The van der Waals surface area contributed by atoms with Gasteiger partial charge in [-0.15, -0.1) is 0 Å². The Morgan fingerprint density at radius 2 is 1.86 bits per heavy atom. The van der Waals surface area contributed by atoms with Gasteiger partial charge < -0.3 is 20.9 Å². The molecule has 43 heavy (non-hydrogen) atoms. The molecule has 0 aromatic heterocycles. The molecule has 2 aromatic carbocycles. The van der Waals surface area contributed by atoms with E-state index in [-0.39, 0.29) is 36.1 Å². The number of benzene rings is 2. The second-order valence-corrected chi connectivity index (χ2v) is 13.2. The number of hydrogen-bond acceptors (Lipinski definition) is 7. The molecule has 1 unspecified atom stereocenters. The summed E-state index contributed by atoms with van der Waals surface area (Å²) in [5, 5.41) is 8.05. The number of nitrogens with one attached hydrogen (secondary N) is 3. The lowest BCUT2D eigenvalue weighted by molar-refractivity contribution is -0.139. The third-order valence-corrected chi connectivity index (χ3v) is 9.30. The van der Waals surface area contributed by atoms with Crippen LogP contribution in [0.25, 0.3) is 0 Å². The molecule has 2 aliphatic heterocycles. The maximum Gasteiger partial charge on any atom is 0.390 e. The smallest absolute Gasteiger partial charge is 0.367 e. The third-order valence-electron chi connectivity index (χ3n) is 7.40. The van der Waals surface area contributed by atoms with Crippen LogP contribution in [0.3, 0.4) is 0 Å². The Morgan fingerprint density at radius 1 is 1.12 bits per heavy atom. The van der Waals surface area contributed by atoms with Crippen molar-refractivity contribution in [1.82, 2.24) is 15.5 Å². The monoisotopic (exact) mass is 651 g/mol. The minimum Gasteiger partial charge on any atom is -0.367 e. The van der Waals surface area contributed by atoms with Gasteiger partial charge in [0.15, 0.2) is 21.5 Å². The first kappa shape index (κ1) is 32.9. The highest BCUT2D eigenvalue weighted by atomic mass is 35.5. The van der Waals surface area contributed by atoms with Gasteiger partial charge in [0.1, 0.15) is 6.04 Å². The van der Waals surface area contributed by atoms with Gasteiger partial charge in [0.2, 0.25) is 5.91 Å². The van der Waals surface area contributed by atoms with Crippen LogP contribution in [0.15, 0.2) is 30.3 Å².